The Morgan fingerprint density at radius 1 is 0.266 bits per heavy atom. The van der Waals surface area contributed by atoms with Gasteiger partial charge in [-0.05, 0) is 148 Å². The monoisotopic (exact) mass is 1570 g/mol. The number of carbonyl (C=O) groups excluding carboxylic acids is 3. The number of phosphoric ester groups is 2. The molecule has 0 spiro atoms. The fourth-order valence-corrected chi connectivity index (χ4v) is 12.9. The van der Waals surface area contributed by atoms with Gasteiger partial charge in [0.05, 0.1) is 26.4 Å². The van der Waals surface area contributed by atoms with Gasteiger partial charge in [-0.1, -0.05) is 333 Å². The number of allylic oxidation sites excluding steroid dienone is 26. The molecule has 0 aromatic carbocycles. The van der Waals surface area contributed by atoms with E-state index < -0.39 is 91.5 Å². The maximum absolute atomic E-state index is 13.0. The summed E-state index contributed by atoms with van der Waals surface area (Å²) >= 11 is 0. The molecule has 624 valence electrons. The topological polar surface area (TPSA) is 231 Å². The first kappa shape index (κ1) is 104. The zero-order chi connectivity index (χ0) is 79.4. The van der Waals surface area contributed by atoms with E-state index in [2.05, 4.69) is 179 Å². The summed E-state index contributed by atoms with van der Waals surface area (Å²) < 4.78 is 61.2. The largest absolute Gasteiger partial charge is 0.472 e. The highest BCUT2D eigenvalue weighted by atomic mass is 31.2. The van der Waals surface area contributed by atoms with E-state index in [-0.39, 0.29) is 19.3 Å². The van der Waals surface area contributed by atoms with E-state index in [1.807, 2.05) is 0 Å². The summed E-state index contributed by atoms with van der Waals surface area (Å²) in [4.78, 5) is 58.8. The van der Waals surface area contributed by atoms with Gasteiger partial charge < -0.3 is 34.2 Å². The van der Waals surface area contributed by atoms with E-state index in [4.69, 9.17) is 32.3 Å². The van der Waals surface area contributed by atoms with Gasteiger partial charge in [0.1, 0.15) is 25.4 Å². The number of aliphatic hydroxyl groups is 2. The predicted octanol–water partition coefficient (Wildman–Crippen LogP) is 25.8. The smallest absolute Gasteiger partial charge is 0.463 e. The van der Waals surface area contributed by atoms with E-state index in [1.165, 1.54) is 128 Å². The second-order valence-electron chi connectivity index (χ2n) is 28.2. The molecule has 0 bridgehead atoms. The van der Waals surface area contributed by atoms with Gasteiger partial charge in [-0.15, -0.1) is 0 Å². The van der Waals surface area contributed by atoms with Crippen molar-refractivity contribution in [3.05, 3.63) is 158 Å². The molecule has 0 rings (SSSR count). The van der Waals surface area contributed by atoms with Crippen LogP contribution >= 0.6 is 15.6 Å². The third kappa shape index (κ3) is 83.9. The molecule has 0 amide bonds. The molecule has 0 aliphatic rings. The molecule has 109 heavy (non-hydrogen) atoms. The van der Waals surface area contributed by atoms with Crippen molar-refractivity contribution in [2.24, 2.45) is 0 Å². The Balaban J connectivity index is 4.48. The number of hydrogen-bond donors (Lipinski definition) is 4. The van der Waals surface area contributed by atoms with Crippen molar-refractivity contribution in [2.75, 3.05) is 39.6 Å². The molecular formula is C91H154O16P2. The average molecular weight is 1570 g/mol. The maximum atomic E-state index is 13.0. The molecule has 16 nitrogen and oxygen atoms in total. The molecule has 0 saturated carbocycles. The standard InChI is InChI=1S/C91H154O16P2/c1-4-7-10-13-16-19-22-25-28-31-33-35-36-37-38-39-40-41-42-43-44-45-46-47-48-50-52-54-56-59-62-65-68-71-74-77-89(94)101-80-86(92)81-103-108(97,98)104-82-87(93)83-105-109(99,100)106-85-88(107-91(96)79-76-73-70-67-64-61-58-53-30-27-24-21-18-15-12-9-6-3)84-102-90(95)78-75-72-69-66-63-60-57-55-51-49-34-32-29-26-23-20-17-14-11-8-5-2/h7,9-10,12,16-21,25-30,33-35,37-38,49,55,57-58,61,86-88,92-93H,4-6,8,11,13-15,22-24,31-32,36,39-48,50-54,56,59-60,62-85H2,1-3H3,(H,97,98)(H,99,100)/b10-7-,12-9-,19-16-,20-17-,21-18-,28-25-,29-26-,30-27-,35-33-,38-37-,49-34-,57-55-,61-58-. The number of carbonyl (C=O) groups is 3. The molecule has 0 aromatic rings. The Labute approximate surface area is 663 Å². The van der Waals surface area contributed by atoms with Crippen molar-refractivity contribution in [3.63, 3.8) is 0 Å². The Morgan fingerprint density at radius 2 is 0.486 bits per heavy atom. The maximum Gasteiger partial charge on any atom is 0.472 e. The van der Waals surface area contributed by atoms with E-state index in [0.29, 0.717) is 19.3 Å². The second kappa shape index (κ2) is 82.6. The van der Waals surface area contributed by atoms with Crippen LogP contribution in [0.15, 0.2) is 158 Å². The first-order chi connectivity index (χ1) is 53.2. The molecule has 18 heteroatoms. The number of aliphatic hydroxyl groups excluding tert-OH is 2. The molecule has 5 unspecified atom stereocenters. The summed E-state index contributed by atoms with van der Waals surface area (Å²) in [5.74, 6) is -1.62. The minimum absolute atomic E-state index is 0.0682. The van der Waals surface area contributed by atoms with Gasteiger partial charge in [0.25, 0.3) is 0 Å². The van der Waals surface area contributed by atoms with E-state index >= 15 is 0 Å². The van der Waals surface area contributed by atoms with Crippen LogP contribution in [0.4, 0.5) is 0 Å². The SMILES string of the molecule is CC/C=C\C/C=C\C/C=C\C/C=C\C/C=C\CCCCCCCCCCCCCCCCCCCCCC(=O)OCC(O)COP(=O)(O)OCC(O)COP(=O)(O)OCC(COC(=O)CCCCCCC/C=C\C/C=C\C/C=C\C/C=C\CCCCC)OC(=O)CCCCCC/C=C\C/C=C\C/C=C\C/C=C\CC. The summed E-state index contributed by atoms with van der Waals surface area (Å²) in [6.07, 6.45) is 104. The minimum atomic E-state index is -4.95. The van der Waals surface area contributed by atoms with Gasteiger partial charge in [-0.2, -0.15) is 0 Å². The van der Waals surface area contributed by atoms with Gasteiger partial charge in [-0.25, -0.2) is 9.13 Å². The van der Waals surface area contributed by atoms with Crippen LogP contribution in [-0.4, -0.2) is 95.9 Å². The summed E-state index contributed by atoms with van der Waals surface area (Å²) in [7, 11) is -9.81. The average Bonchev–Trinajstić information content (AvgIpc) is 0.912. The molecule has 4 N–H and O–H groups in total. The highest BCUT2D eigenvalue weighted by molar-refractivity contribution is 7.47. The zero-order valence-corrected chi connectivity index (χ0v) is 70.2. The minimum Gasteiger partial charge on any atom is -0.463 e. The molecule has 0 aliphatic carbocycles. The number of hydrogen-bond acceptors (Lipinski definition) is 14. The predicted molar refractivity (Wildman–Crippen MR) is 454 cm³/mol. The first-order valence-corrected chi connectivity index (χ1v) is 45.8. The molecule has 0 aliphatic heterocycles. The van der Waals surface area contributed by atoms with Crippen LogP contribution in [-0.2, 0) is 55.8 Å². The highest BCUT2D eigenvalue weighted by Gasteiger charge is 2.29. The lowest BCUT2D eigenvalue weighted by molar-refractivity contribution is -0.161. The van der Waals surface area contributed by atoms with Crippen LogP contribution in [0.25, 0.3) is 0 Å². The number of unbranched alkanes of at least 4 members (excludes halogenated alkanes) is 31. The van der Waals surface area contributed by atoms with Crippen molar-refractivity contribution in [3.8, 4) is 0 Å². The molecule has 0 fully saturated rings. The van der Waals surface area contributed by atoms with Crippen molar-refractivity contribution in [2.45, 2.75) is 360 Å². The number of rotatable bonds is 80. The van der Waals surface area contributed by atoms with E-state index in [9.17, 15) is 43.5 Å². The lowest BCUT2D eigenvalue weighted by atomic mass is 10.0. The lowest BCUT2D eigenvalue weighted by Gasteiger charge is -2.21. The molecular weight excluding hydrogens is 1410 g/mol. The van der Waals surface area contributed by atoms with E-state index in [0.717, 1.165) is 154 Å². The van der Waals surface area contributed by atoms with Crippen molar-refractivity contribution in [1.29, 1.82) is 0 Å². The van der Waals surface area contributed by atoms with Crippen LogP contribution in [0.2, 0.25) is 0 Å². The first-order valence-electron chi connectivity index (χ1n) is 42.8. The fraction of sp³-hybridized carbons (Fsp3) is 0.681. The number of esters is 3. The highest BCUT2D eigenvalue weighted by Crippen LogP contribution is 2.45. The number of phosphoric acid groups is 2. The normalized spacial score (nSPS) is 14.7. The van der Waals surface area contributed by atoms with Crippen LogP contribution in [0.3, 0.4) is 0 Å². The van der Waals surface area contributed by atoms with Crippen LogP contribution < -0.4 is 0 Å². The summed E-state index contributed by atoms with van der Waals surface area (Å²) in [6, 6.07) is 0. The molecule has 5 atom stereocenters. The quantitative estimate of drug-likeness (QED) is 0.0146. The fourth-order valence-electron chi connectivity index (χ4n) is 11.3. The van der Waals surface area contributed by atoms with Crippen molar-refractivity contribution < 1.29 is 75.8 Å². The second-order valence-corrected chi connectivity index (χ2v) is 31.1. The van der Waals surface area contributed by atoms with Crippen molar-refractivity contribution >= 4 is 33.6 Å². The lowest BCUT2D eigenvalue weighted by Crippen LogP contribution is -2.30. The van der Waals surface area contributed by atoms with Gasteiger partial charge in [0.2, 0.25) is 0 Å². The molecule has 0 saturated heterocycles. The Hall–Kier alpha value is -4.83. The summed E-state index contributed by atoms with van der Waals surface area (Å²) in [6.45, 7) is 2.39. The third-order valence-electron chi connectivity index (χ3n) is 17.7. The van der Waals surface area contributed by atoms with Gasteiger partial charge in [-0.3, -0.25) is 32.5 Å². The Morgan fingerprint density at radius 3 is 0.771 bits per heavy atom. The third-order valence-corrected chi connectivity index (χ3v) is 19.6. The van der Waals surface area contributed by atoms with Crippen LogP contribution in [0.5, 0.6) is 0 Å². The molecule has 0 radical (unpaired) electrons. The Bertz CT molecular complexity index is 2610. The molecule has 0 heterocycles. The summed E-state index contributed by atoms with van der Waals surface area (Å²) in [5, 5.41) is 20.7. The van der Waals surface area contributed by atoms with Gasteiger partial charge >= 0.3 is 33.6 Å². The Kier molecular flexibility index (Phi) is 79.0. The van der Waals surface area contributed by atoms with Gasteiger partial charge in [0.15, 0.2) is 6.10 Å². The van der Waals surface area contributed by atoms with Gasteiger partial charge in [0, 0.05) is 19.3 Å². The van der Waals surface area contributed by atoms with Crippen molar-refractivity contribution in [1.82, 2.24) is 0 Å². The summed E-state index contributed by atoms with van der Waals surface area (Å²) in [5.41, 5.74) is 0. The number of ether oxygens (including phenoxy) is 3. The van der Waals surface area contributed by atoms with Crippen LogP contribution in [0, 0.1) is 0 Å². The molecule has 0 aromatic heterocycles. The van der Waals surface area contributed by atoms with Crippen LogP contribution in [0.1, 0.15) is 342 Å². The van der Waals surface area contributed by atoms with E-state index in [1.54, 1.807) is 0 Å². The zero-order valence-electron chi connectivity index (χ0n) is 68.4.